The van der Waals surface area contributed by atoms with E-state index in [4.69, 9.17) is 9.47 Å². The Morgan fingerprint density at radius 1 is 1.15 bits per heavy atom. The summed E-state index contributed by atoms with van der Waals surface area (Å²) >= 11 is 0. The van der Waals surface area contributed by atoms with E-state index in [2.05, 4.69) is 24.7 Å². The lowest BCUT2D eigenvalue weighted by Crippen LogP contribution is -2.22. The molecule has 33 heavy (non-hydrogen) atoms. The number of nitro benzene ring substituents is 1. The first-order valence-electron chi connectivity index (χ1n) is 9.94. The zero-order chi connectivity index (χ0) is 24.5. The minimum Gasteiger partial charge on any atom is -0.464 e. The Morgan fingerprint density at radius 3 is 2.45 bits per heavy atom. The third kappa shape index (κ3) is 4.91. The summed E-state index contributed by atoms with van der Waals surface area (Å²) in [7, 11) is -0.265. The molecule has 1 aromatic heterocycles. The second-order valence-electron chi connectivity index (χ2n) is 8.52. The standard InChI is InChI=1S/C21H22F3N3O5Si/c1-31-21(28)19-13-6-5-12(16-14(22)7-8-15(18(16)24)27(29)30)17(23)20(13)26(25-19)11-32-9-10-33(2,3)4/h5-8H,9-11H2,1-4H3. The minimum atomic E-state index is -1.51. The van der Waals surface area contributed by atoms with E-state index in [1.54, 1.807) is 0 Å². The molecule has 1 heterocycles. The van der Waals surface area contributed by atoms with Gasteiger partial charge in [0.05, 0.1) is 17.6 Å². The van der Waals surface area contributed by atoms with Gasteiger partial charge in [-0.25, -0.2) is 18.3 Å². The van der Waals surface area contributed by atoms with E-state index in [1.165, 1.54) is 6.07 Å². The number of halogens is 3. The number of carbonyl (C=O) groups is 1. The van der Waals surface area contributed by atoms with Gasteiger partial charge in [0.15, 0.2) is 11.5 Å². The number of esters is 1. The average Bonchev–Trinajstić information content (AvgIpc) is 3.10. The number of methoxy groups -OCH3 is 1. The maximum atomic E-state index is 15.6. The number of nitro groups is 1. The molecular weight excluding hydrogens is 459 g/mol. The molecule has 3 aromatic rings. The van der Waals surface area contributed by atoms with Crippen LogP contribution in [0.5, 0.6) is 0 Å². The monoisotopic (exact) mass is 481 g/mol. The molecule has 0 radical (unpaired) electrons. The highest BCUT2D eigenvalue weighted by atomic mass is 28.3. The number of hydrogen-bond donors (Lipinski definition) is 0. The second-order valence-corrected chi connectivity index (χ2v) is 14.1. The summed E-state index contributed by atoms with van der Waals surface area (Å²) in [6.45, 7) is 6.62. The van der Waals surface area contributed by atoms with Gasteiger partial charge in [-0.05, 0) is 18.2 Å². The average molecular weight is 482 g/mol. The molecule has 2 aromatic carbocycles. The van der Waals surface area contributed by atoms with Crippen molar-refractivity contribution < 1.29 is 32.4 Å². The highest BCUT2D eigenvalue weighted by molar-refractivity contribution is 6.76. The Morgan fingerprint density at radius 2 is 1.85 bits per heavy atom. The predicted molar refractivity (Wildman–Crippen MR) is 117 cm³/mol. The Hall–Kier alpha value is -3.25. The summed E-state index contributed by atoms with van der Waals surface area (Å²) in [6.07, 6.45) is 0. The molecule has 0 fully saturated rings. The normalized spacial score (nSPS) is 11.7. The van der Waals surface area contributed by atoms with Crippen molar-refractivity contribution in [3.05, 3.63) is 57.5 Å². The molecule has 0 aliphatic carbocycles. The van der Waals surface area contributed by atoms with E-state index < -0.39 is 53.2 Å². The molecule has 0 atom stereocenters. The Balaban J connectivity index is 2.16. The lowest BCUT2D eigenvalue weighted by atomic mass is 10.0. The first kappa shape index (κ1) is 24.4. The third-order valence-electron chi connectivity index (χ3n) is 4.98. The lowest BCUT2D eigenvalue weighted by molar-refractivity contribution is -0.387. The van der Waals surface area contributed by atoms with Crippen molar-refractivity contribution in [2.24, 2.45) is 0 Å². The van der Waals surface area contributed by atoms with E-state index in [9.17, 15) is 23.7 Å². The van der Waals surface area contributed by atoms with E-state index in [0.29, 0.717) is 18.7 Å². The van der Waals surface area contributed by atoms with Gasteiger partial charge in [0.25, 0.3) is 0 Å². The Labute approximate surface area is 188 Å². The summed E-state index contributed by atoms with van der Waals surface area (Å²) in [5, 5.41) is 15.2. The van der Waals surface area contributed by atoms with Gasteiger partial charge >= 0.3 is 11.7 Å². The van der Waals surface area contributed by atoms with Crippen LogP contribution in [0.15, 0.2) is 24.3 Å². The van der Waals surface area contributed by atoms with Crippen LogP contribution in [0.2, 0.25) is 25.7 Å². The molecular formula is C21H22F3N3O5Si. The number of hydrogen-bond acceptors (Lipinski definition) is 6. The SMILES string of the molecule is COC(=O)c1nn(COCC[Si](C)(C)C)c2c(F)c(-c3c(F)ccc([N+](=O)[O-])c3F)ccc12. The van der Waals surface area contributed by atoms with Crippen molar-refractivity contribution in [3.63, 3.8) is 0 Å². The fourth-order valence-electron chi connectivity index (χ4n) is 3.23. The van der Waals surface area contributed by atoms with Crippen LogP contribution >= 0.6 is 0 Å². The number of carbonyl (C=O) groups excluding carboxylic acids is 1. The van der Waals surface area contributed by atoms with Gasteiger partial charge in [0, 0.05) is 31.7 Å². The van der Waals surface area contributed by atoms with Crippen LogP contribution < -0.4 is 0 Å². The number of aromatic nitrogens is 2. The summed E-state index contributed by atoms with van der Waals surface area (Å²) < 4.78 is 56.2. The fraction of sp³-hybridized carbons (Fsp3) is 0.333. The molecule has 0 saturated heterocycles. The number of benzene rings is 2. The molecule has 0 aliphatic rings. The van der Waals surface area contributed by atoms with Gasteiger partial charge in [-0.2, -0.15) is 9.49 Å². The predicted octanol–water partition coefficient (Wildman–Crippen LogP) is 5.13. The van der Waals surface area contributed by atoms with Crippen LogP contribution in [-0.4, -0.2) is 42.5 Å². The molecule has 0 spiro atoms. The summed E-state index contributed by atoms with van der Waals surface area (Å²) in [6, 6.07) is 4.47. The number of rotatable bonds is 8. The number of nitrogens with zero attached hydrogens (tertiary/aromatic N) is 3. The number of fused-ring (bicyclic) bond motifs is 1. The fourth-order valence-corrected chi connectivity index (χ4v) is 3.98. The van der Waals surface area contributed by atoms with Gasteiger partial charge in [-0.3, -0.25) is 10.1 Å². The van der Waals surface area contributed by atoms with Gasteiger partial charge in [0.1, 0.15) is 18.1 Å². The zero-order valence-electron chi connectivity index (χ0n) is 18.4. The number of ether oxygens (including phenoxy) is 2. The summed E-state index contributed by atoms with van der Waals surface area (Å²) in [5.74, 6) is -4.63. The van der Waals surface area contributed by atoms with Gasteiger partial charge in [-0.1, -0.05) is 25.7 Å². The van der Waals surface area contributed by atoms with E-state index >= 15 is 4.39 Å². The second kappa shape index (κ2) is 9.31. The largest absolute Gasteiger partial charge is 0.464 e. The molecule has 3 rings (SSSR count). The van der Waals surface area contributed by atoms with Crippen LogP contribution in [0.1, 0.15) is 10.5 Å². The summed E-state index contributed by atoms with van der Waals surface area (Å²) in [4.78, 5) is 22.2. The molecule has 0 saturated carbocycles. The van der Waals surface area contributed by atoms with Crippen molar-refractivity contribution in [2.75, 3.05) is 13.7 Å². The third-order valence-corrected chi connectivity index (χ3v) is 6.68. The van der Waals surface area contributed by atoms with Crippen molar-refractivity contribution in [1.29, 1.82) is 0 Å². The quantitative estimate of drug-likeness (QED) is 0.146. The van der Waals surface area contributed by atoms with Crippen LogP contribution in [-0.2, 0) is 16.2 Å². The molecule has 0 bridgehead atoms. The molecule has 0 unspecified atom stereocenters. The highest BCUT2D eigenvalue weighted by Crippen LogP contribution is 2.36. The molecule has 0 amide bonds. The first-order chi connectivity index (χ1) is 15.5. The van der Waals surface area contributed by atoms with Crippen LogP contribution in [0.3, 0.4) is 0 Å². The maximum Gasteiger partial charge on any atom is 0.359 e. The molecule has 8 nitrogen and oxygen atoms in total. The molecule has 176 valence electrons. The van der Waals surface area contributed by atoms with Crippen LogP contribution in [0.4, 0.5) is 18.9 Å². The topological polar surface area (TPSA) is 96.5 Å². The Bertz CT molecular complexity index is 1240. The minimum absolute atomic E-state index is 0.0446. The molecule has 0 aliphatic heterocycles. The van der Waals surface area contributed by atoms with E-state index in [-0.39, 0.29) is 23.3 Å². The molecule has 12 heteroatoms. The van der Waals surface area contributed by atoms with Crippen molar-refractivity contribution in [2.45, 2.75) is 32.4 Å². The van der Waals surface area contributed by atoms with Crippen molar-refractivity contribution in [1.82, 2.24) is 9.78 Å². The van der Waals surface area contributed by atoms with Crippen molar-refractivity contribution in [3.8, 4) is 11.1 Å². The zero-order valence-corrected chi connectivity index (χ0v) is 19.4. The van der Waals surface area contributed by atoms with Crippen molar-refractivity contribution >= 4 is 30.6 Å². The van der Waals surface area contributed by atoms with Gasteiger partial charge in [-0.15, -0.1) is 0 Å². The lowest BCUT2D eigenvalue weighted by Gasteiger charge is -2.15. The van der Waals surface area contributed by atoms with E-state index in [0.717, 1.165) is 23.9 Å². The summed E-state index contributed by atoms with van der Waals surface area (Å²) in [5.41, 5.74) is -2.89. The highest BCUT2D eigenvalue weighted by Gasteiger charge is 2.28. The first-order valence-corrected chi connectivity index (χ1v) is 13.6. The Kier molecular flexibility index (Phi) is 6.88. The van der Waals surface area contributed by atoms with Crippen LogP contribution in [0.25, 0.3) is 22.0 Å². The van der Waals surface area contributed by atoms with Gasteiger partial charge < -0.3 is 9.47 Å². The van der Waals surface area contributed by atoms with Crippen LogP contribution in [0, 0.1) is 27.6 Å². The smallest absolute Gasteiger partial charge is 0.359 e. The molecule has 0 N–H and O–H groups in total. The van der Waals surface area contributed by atoms with Gasteiger partial charge in [0.2, 0.25) is 5.82 Å². The van der Waals surface area contributed by atoms with E-state index in [1.807, 2.05) is 0 Å². The maximum absolute atomic E-state index is 15.6.